The Morgan fingerprint density at radius 2 is 0.840 bits per heavy atom. The molecule has 4 aromatic carbocycles. The first-order valence-electron chi connectivity index (χ1n) is 16.5. The molecule has 0 atom stereocenters. The van der Waals surface area contributed by atoms with Gasteiger partial charge in [0.2, 0.25) is 0 Å². The standard InChI is InChI=1S/C21H25.C15H8Cl6.C5H5.2ClH.Zr/c1-20(2,3)16-7-9-18-14(12-16)11-15-13-17(21(4,5)6)8-10-19(15)18;16-14(17,18)12-5-1-10(2-6-12)9-11-3-7-13(8-4-11)15(19,20)21;1-2-4-5-3-1;;;/h7-13H,1-6H3;1-8H;1-5H;2*1H;/q;;;;;+2/p-2. The summed E-state index contributed by atoms with van der Waals surface area (Å²) < 4.78 is -2.89. The fraction of sp³-hybridized carbons (Fsp3) is 0.293. The van der Waals surface area contributed by atoms with Crippen molar-refractivity contribution in [3.05, 3.63) is 154 Å². The Kier molecular flexibility index (Phi) is 10.4. The van der Waals surface area contributed by atoms with Crippen molar-refractivity contribution in [2.45, 2.75) is 67.2 Å². The Hall–Kier alpha value is -0.567. The fourth-order valence-corrected chi connectivity index (χ4v) is 27.5. The zero-order valence-corrected chi connectivity index (χ0v) is 37.1. The molecule has 0 radical (unpaired) electrons. The van der Waals surface area contributed by atoms with Crippen LogP contribution in [0.3, 0.4) is 0 Å². The van der Waals surface area contributed by atoms with E-state index >= 15 is 0 Å². The summed E-state index contributed by atoms with van der Waals surface area (Å²) >= 11 is 32.3. The van der Waals surface area contributed by atoms with Crippen molar-refractivity contribution < 1.29 is 15.9 Å². The Bertz CT molecular complexity index is 1960. The first-order chi connectivity index (χ1) is 23.0. The number of allylic oxidation sites excluding steroid dienone is 4. The summed E-state index contributed by atoms with van der Waals surface area (Å²) in [4.78, 5) is 0. The van der Waals surface area contributed by atoms with Gasteiger partial charge >= 0.3 is 338 Å². The molecule has 0 saturated carbocycles. The van der Waals surface area contributed by atoms with Gasteiger partial charge in [0.1, 0.15) is 0 Å². The van der Waals surface area contributed by atoms with Crippen molar-refractivity contribution in [2.75, 3.05) is 0 Å². The van der Waals surface area contributed by atoms with Crippen molar-refractivity contribution in [2.24, 2.45) is 0 Å². The number of hydrogen-bond donors (Lipinski definition) is 0. The van der Waals surface area contributed by atoms with Crippen molar-refractivity contribution in [1.82, 2.24) is 0 Å². The van der Waals surface area contributed by atoms with Gasteiger partial charge in [0, 0.05) is 0 Å². The van der Waals surface area contributed by atoms with Crippen LogP contribution < -0.4 is 0 Å². The molecule has 0 amide bonds. The Morgan fingerprint density at radius 3 is 1.16 bits per heavy atom. The quantitative estimate of drug-likeness (QED) is 0.179. The first-order valence-corrected chi connectivity index (χ1v) is 29.1. The summed E-state index contributed by atoms with van der Waals surface area (Å²) in [5.41, 5.74) is 9.62. The molecule has 0 saturated heterocycles. The summed E-state index contributed by atoms with van der Waals surface area (Å²) in [6, 6.07) is 28.8. The van der Waals surface area contributed by atoms with Gasteiger partial charge in [0.25, 0.3) is 0 Å². The summed E-state index contributed by atoms with van der Waals surface area (Å²) in [6.45, 7) is 13.4. The van der Waals surface area contributed by atoms with E-state index in [4.69, 9.17) is 86.6 Å². The summed E-state index contributed by atoms with van der Waals surface area (Å²) in [6.07, 6.45) is 8.42. The molecule has 2 aliphatic carbocycles. The zero-order valence-electron chi connectivity index (χ0n) is 28.6. The van der Waals surface area contributed by atoms with E-state index in [0.717, 1.165) is 36.6 Å². The SMILES string of the molecule is CC(C)(C)c1ccc2c(c1)[CH]([Zr]([Cl])([Cl])(=[C](c1ccc(C(Cl)(Cl)Cl)cc1)c1ccc(C(Cl)(Cl)Cl)cc1)[CH]1C=CC=C1)c1cc(C(C)(C)C)ccc1-2. The van der Waals surface area contributed by atoms with Crippen molar-refractivity contribution >= 4 is 89.8 Å². The third kappa shape index (κ3) is 7.05. The second-order valence-electron chi connectivity index (χ2n) is 15.5. The van der Waals surface area contributed by atoms with E-state index in [1.165, 1.54) is 11.1 Å². The molecule has 0 nitrogen and oxygen atoms in total. The van der Waals surface area contributed by atoms with Crippen LogP contribution in [0.1, 0.15) is 89.7 Å². The van der Waals surface area contributed by atoms with E-state index < -0.39 is 23.5 Å². The number of halogens is 8. The molecule has 50 heavy (non-hydrogen) atoms. The molecule has 0 spiro atoms. The normalized spacial score (nSPS) is 15.8. The molecule has 0 bridgehead atoms. The van der Waals surface area contributed by atoms with Crippen LogP contribution in [0.25, 0.3) is 11.1 Å². The molecule has 6 rings (SSSR count). The van der Waals surface area contributed by atoms with E-state index in [9.17, 15) is 0 Å². The minimum absolute atomic E-state index is 0.103. The third-order valence-corrected chi connectivity index (χ3v) is 31.1. The number of fused-ring (bicyclic) bond motifs is 3. The maximum absolute atomic E-state index is 8.77. The average molecular weight is 906 g/mol. The molecule has 0 heterocycles. The minimum atomic E-state index is -5.69. The number of alkyl halides is 6. The van der Waals surface area contributed by atoms with Gasteiger partial charge < -0.3 is 0 Å². The van der Waals surface area contributed by atoms with E-state index in [2.05, 4.69) is 90.1 Å². The van der Waals surface area contributed by atoms with Crippen molar-refractivity contribution in [3.63, 3.8) is 0 Å². The van der Waals surface area contributed by atoms with Gasteiger partial charge in [-0.05, 0) is 0 Å². The molecule has 0 unspecified atom stereocenters. The molecule has 2 aliphatic rings. The van der Waals surface area contributed by atoms with Crippen LogP contribution in [0.5, 0.6) is 0 Å². The van der Waals surface area contributed by atoms with E-state index in [0.29, 0.717) is 11.1 Å². The molecule has 9 heteroatoms. The van der Waals surface area contributed by atoms with Crippen LogP contribution in [0.2, 0.25) is 3.63 Å². The van der Waals surface area contributed by atoms with Gasteiger partial charge in [0.05, 0.1) is 0 Å². The second kappa shape index (κ2) is 13.3. The average Bonchev–Trinajstić information content (AvgIpc) is 3.68. The molecular weight excluding hydrogens is 867 g/mol. The van der Waals surface area contributed by atoms with Crippen LogP contribution in [0.15, 0.2) is 109 Å². The van der Waals surface area contributed by atoms with Gasteiger partial charge in [-0.25, -0.2) is 0 Å². The van der Waals surface area contributed by atoms with Gasteiger partial charge in [-0.2, -0.15) is 0 Å². The van der Waals surface area contributed by atoms with Crippen LogP contribution in [-0.2, 0) is 34.3 Å². The van der Waals surface area contributed by atoms with E-state index in [1.807, 2.05) is 60.7 Å². The summed E-state index contributed by atoms with van der Waals surface area (Å²) in [7, 11) is 17.5. The third-order valence-electron chi connectivity index (χ3n) is 10.1. The number of rotatable bonds is 4. The zero-order chi connectivity index (χ0) is 36.7. The summed E-state index contributed by atoms with van der Waals surface area (Å²) in [5.74, 6) is 0. The van der Waals surface area contributed by atoms with E-state index in [-0.39, 0.29) is 18.1 Å². The molecular formula is C41H38Cl8Zr. The number of hydrogen-bond acceptors (Lipinski definition) is 0. The monoisotopic (exact) mass is 900 g/mol. The predicted octanol–water partition coefficient (Wildman–Crippen LogP) is 15.2. The molecule has 0 aliphatic heterocycles. The van der Waals surface area contributed by atoms with Crippen molar-refractivity contribution in [1.29, 1.82) is 0 Å². The predicted molar refractivity (Wildman–Crippen MR) is 219 cm³/mol. The topological polar surface area (TPSA) is 0 Å². The Labute approximate surface area is 334 Å². The number of benzene rings is 4. The van der Waals surface area contributed by atoms with E-state index in [1.54, 1.807) is 0 Å². The Balaban J connectivity index is 1.82. The van der Waals surface area contributed by atoms with Gasteiger partial charge in [0.15, 0.2) is 0 Å². The fourth-order valence-electron chi connectivity index (χ4n) is 7.42. The maximum atomic E-state index is 8.77. The van der Waals surface area contributed by atoms with Crippen LogP contribution >= 0.6 is 86.6 Å². The van der Waals surface area contributed by atoms with Crippen LogP contribution in [0.4, 0.5) is 0 Å². The Morgan fingerprint density at radius 1 is 0.500 bits per heavy atom. The molecule has 0 fully saturated rings. The molecule has 4 aromatic rings. The first kappa shape index (κ1) is 39.1. The van der Waals surface area contributed by atoms with Gasteiger partial charge in [-0.1, -0.05) is 0 Å². The van der Waals surface area contributed by atoms with Crippen molar-refractivity contribution in [3.8, 4) is 11.1 Å². The second-order valence-corrected chi connectivity index (χ2v) is 40.8. The molecule has 262 valence electrons. The van der Waals surface area contributed by atoms with Gasteiger partial charge in [-0.15, -0.1) is 0 Å². The molecule has 0 N–H and O–H groups in total. The van der Waals surface area contributed by atoms with Gasteiger partial charge in [-0.3, -0.25) is 0 Å². The van der Waals surface area contributed by atoms with Crippen LogP contribution in [0, 0.1) is 0 Å². The van der Waals surface area contributed by atoms with Crippen LogP contribution in [-0.4, -0.2) is 3.21 Å². The summed E-state index contributed by atoms with van der Waals surface area (Å²) in [5, 5.41) is 0. The molecule has 0 aromatic heterocycles.